The molecule has 1 saturated heterocycles. The second-order valence-corrected chi connectivity index (χ2v) is 12.6. The second kappa shape index (κ2) is 17.9. The number of hydrogen-bond donors (Lipinski definition) is 3. The highest BCUT2D eigenvalue weighted by atomic mass is 32.1. The molecule has 3 rings (SSSR count). The minimum absolute atomic E-state index is 0.0903. The number of halogens is 1. The Kier molecular flexibility index (Phi) is 14.3. The van der Waals surface area contributed by atoms with Crippen molar-refractivity contribution in [1.82, 2.24) is 20.5 Å². The summed E-state index contributed by atoms with van der Waals surface area (Å²) in [5.41, 5.74) is 11.8. The Hall–Kier alpha value is -3.66. The molecule has 4 atom stereocenters. The predicted molar refractivity (Wildman–Crippen MR) is 168 cm³/mol. The van der Waals surface area contributed by atoms with Crippen LogP contribution in [0, 0.1) is 12.3 Å². The van der Waals surface area contributed by atoms with Crippen LogP contribution in [-0.2, 0) is 35.1 Å². The number of aliphatic hydroxyl groups excluding tert-OH is 1. The number of amides is 3. The summed E-state index contributed by atoms with van der Waals surface area (Å²) >= 11 is 1.53. The molecule has 252 valence electrons. The van der Waals surface area contributed by atoms with E-state index in [4.69, 9.17) is 19.7 Å². The summed E-state index contributed by atoms with van der Waals surface area (Å²) in [7, 11) is 0. The van der Waals surface area contributed by atoms with Gasteiger partial charge in [0.25, 0.3) is 0 Å². The molecule has 2 aromatic rings. The van der Waals surface area contributed by atoms with Gasteiger partial charge in [0, 0.05) is 18.0 Å². The van der Waals surface area contributed by atoms with Crippen LogP contribution in [0.3, 0.4) is 0 Å². The van der Waals surface area contributed by atoms with E-state index in [-0.39, 0.29) is 46.1 Å². The number of hydrogen-bond acceptors (Lipinski definition) is 10. The first-order valence-electron chi connectivity index (χ1n) is 14.9. The number of thiazole rings is 1. The lowest BCUT2D eigenvalue weighted by atomic mass is 9.85. The van der Waals surface area contributed by atoms with Gasteiger partial charge >= 0.3 is 0 Å². The molecule has 0 spiro atoms. The highest BCUT2D eigenvalue weighted by Gasteiger charge is 2.50. The number of aromatic nitrogens is 1. The summed E-state index contributed by atoms with van der Waals surface area (Å²) in [5, 5.41) is 19.0. The second-order valence-electron chi connectivity index (χ2n) is 11.7. The van der Waals surface area contributed by atoms with E-state index >= 15 is 4.39 Å². The molecule has 1 unspecified atom stereocenters. The average Bonchev–Trinajstić information content (AvgIpc) is 3.58. The Morgan fingerprint density at radius 3 is 2.41 bits per heavy atom. The zero-order valence-corrected chi connectivity index (χ0v) is 27.3. The number of likely N-dealkylation sites (tertiary alicyclic amines) is 1. The first-order chi connectivity index (χ1) is 21.9. The van der Waals surface area contributed by atoms with Crippen LogP contribution in [0.1, 0.15) is 32.0 Å². The quantitative estimate of drug-likeness (QED) is 0.0996. The molecule has 1 aliphatic heterocycles. The molecule has 1 fully saturated rings. The molecule has 46 heavy (non-hydrogen) atoms. The van der Waals surface area contributed by atoms with Crippen molar-refractivity contribution in [2.45, 2.75) is 58.6 Å². The van der Waals surface area contributed by atoms with Gasteiger partial charge in [-0.1, -0.05) is 50.2 Å². The van der Waals surface area contributed by atoms with Gasteiger partial charge in [-0.2, -0.15) is 0 Å². The lowest BCUT2D eigenvalue weighted by Gasteiger charge is -2.35. The zero-order valence-electron chi connectivity index (χ0n) is 26.5. The molecule has 0 aliphatic carbocycles. The molecular weight excluding hydrogens is 621 g/mol. The van der Waals surface area contributed by atoms with Crippen LogP contribution in [0.25, 0.3) is 20.9 Å². The van der Waals surface area contributed by atoms with Gasteiger partial charge in [0.05, 0.1) is 55.7 Å². The number of benzene rings is 1. The molecule has 0 bridgehead atoms. The van der Waals surface area contributed by atoms with Crippen LogP contribution in [0.15, 0.2) is 34.9 Å². The summed E-state index contributed by atoms with van der Waals surface area (Å²) in [6.45, 7) is 7.87. The molecular formula is C30H42FN7O7S. The Balaban J connectivity index is 1.52. The van der Waals surface area contributed by atoms with E-state index in [0.717, 1.165) is 26.6 Å². The number of nitrogens with one attached hydrogen (secondary N) is 2. The lowest BCUT2D eigenvalue weighted by Crippen LogP contribution is -2.59. The minimum Gasteiger partial charge on any atom is -0.388 e. The molecule has 1 aromatic carbocycles. The van der Waals surface area contributed by atoms with E-state index in [1.54, 1.807) is 26.3 Å². The van der Waals surface area contributed by atoms with Gasteiger partial charge in [0.15, 0.2) is 6.17 Å². The van der Waals surface area contributed by atoms with E-state index in [1.807, 2.05) is 31.2 Å². The molecule has 0 saturated carbocycles. The third-order valence-corrected chi connectivity index (χ3v) is 8.14. The number of azide groups is 1. The topological polar surface area (TPSA) is 188 Å². The number of β-amino-alcohol motifs (C(OH)–C–C–N with tert-alkyl or cyclic N) is 1. The van der Waals surface area contributed by atoms with E-state index in [2.05, 4.69) is 25.6 Å². The van der Waals surface area contributed by atoms with Crippen molar-refractivity contribution in [2.75, 3.05) is 52.7 Å². The molecule has 0 radical (unpaired) electrons. The Morgan fingerprint density at radius 2 is 1.80 bits per heavy atom. The highest BCUT2D eigenvalue weighted by Crippen LogP contribution is 2.29. The van der Waals surface area contributed by atoms with Crippen molar-refractivity contribution in [1.29, 1.82) is 0 Å². The van der Waals surface area contributed by atoms with Crippen molar-refractivity contribution < 1.29 is 38.1 Å². The third-order valence-electron chi connectivity index (χ3n) is 7.16. The van der Waals surface area contributed by atoms with Crippen LogP contribution >= 0.6 is 11.3 Å². The predicted octanol–water partition coefficient (Wildman–Crippen LogP) is 2.54. The van der Waals surface area contributed by atoms with Gasteiger partial charge in [-0.15, -0.1) is 11.3 Å². The standard InChI is InChI=1S/C30H42FN7O7S/c1-19-26(46-18-34-19)21-7-5-20(6-8-21)15-33-28(41)25-24(31)22(39)16-38(25)29(42)27(30(2,3)4)36-23(40)17-45-14-13-44-12-11-43-10-9-35-37-32/h5-8,18,22,24-25,27,39H,9-17H2,1-4H3,(H,33,41)(H,36,40)/t22-,24+,25-,27?/m0/s1. The number of carbonyl (C=O) groups excluding carboxylic acids is 3. The van der Waals surface area contributed by atoms with Crippen LogP contribution in [-0.4, -0.2) is 110 Å². The van der Waals surface area contributed by atoms with Gasteiger partial charge in [-0.05, 0) is 29.0 Å². The maximum absolute atomic E-state index is 15.2. The smallest absolute Gasteiger partial charge is 0.246 e. The van der Waals surface area contributed by atoms with E-state index in [0.29, 0.717) is 6.61 Å². The summed E-state index contributed by atoms with van der Waals surface area (Å²) in [6.07, 6.45) is -3.56. The number of carbonyl (C=O) groups is 3. The van der Waals surface area contributed by atoms with Gasteiger partial charge in [-0.3, -0.25) is 14.4 Å². The Labute approximate surface area is 271 Å². The molecule has 3 N–H and O–H groups in total. The first-order valence-corrected chi connectivity index (χ1v) is 15.7. The monoisotopic (exact) mass is 663 g/mol. The van der Waals surface area contributed by atoms with E-state index in [1.165, 1.54) is 11.3 Å². The van der Waals surface area contributed by atoms with Gasteiger partial charge < -0.3 is 34.9 Å². The SMILES string of the molecule is Cc1ncsc1-c1ccc(CNC(=O)[C@@H]2[C@H](F)[C@@H](O)CN2C(=O)C(NC(=O)COCCOCCOCCN=[N+]=[N-])C(C)(C)C)cc1. The number of aliphatic hydroxyl groups is 1. The summed E-state index contributed by atoms with van der Waals surface area (Å²) in [4.78, 5) is 48.5. The van der Waals surface area contributed by atoms with Crippen LogP contribution < -0.4 is 10.6 Å². The van der Waals surface area contributed by atoms with Crippen molar-refractivity contribution in [3.63, 3.8) is 0 Å². The first kappa shape index (κ1) is 36.8. The van der Waals surface area contributed by atoms with Crippen LogP contribution in [0.4, 0.5) is 4.39 Å². The van der Waals surface area contributed by atoms with Crippen molar-refractivity contribution >= 4 is 29.1 Å². The third kappa shape index (κ3) is 10.7. The van der Waals surface area contributed by atoms with E-state index < -0.39 is 54.0 Å². The molecule has 2 heterocycles. The normalized spacial score (nSPS) is 18.6. The zero-order chi connectivity index (χ0) is 33.7. The van der Waals surface area contributed by atoms with E-state index in [9.17, 15) is 19.5 Å². The molecule has 16 heteroatoms. The molecule has 1 aliphatic rings. The maximum atomic E-state index is 15.2. The Bertz CT molecular complexity index is 1350. The maximum Gasteiger partial charge on any atom is 0.246 e. The fraction of sp³-hybridized carbons (Fsp3) is 0.600. The lowest BCUT2D eigenvalue weighted by molar-refractivity contribution is -0.145. The number of nitrogens with zero attached hydrogens (tertiary/aromatic N) is 5. The van der Waals surface area contributed by atoms with Gasteiger partial charge in [0.1, 0.15) is 24.8 Å². The van der Waals surface area contributed by atoms with Gasteiger partial charge in [-0.25, -0.2) is 9.37 Å². The highest BCUT2D eigenvalue weighted by molar-refractivity contribution is 7.13. The largest absolute Gasteiger partial charge is 0.388 e. The van der Waals surface area contributed by atoms with Crippen molar-refractivity contribution in [3.05, 3.63) is 51.5 Å². The number of ether oxygens (including phenoxy) is 3. The number of aryl methyl sites for hydroxylation is 1. The summed E-state index contributed by atoms with van der Waals surface area (Å²) < 4.78 is 31.1. The van der Waals surface area contributed by atoms with Gasteiger partial charge in [0.2, 0.25) is 17.7 Å². The minimum atomic E-state index is -2.00. The molecule has 1 aromatic heterocycles. The summed E-state index contributed by atoms with van der Waals surface area (Å²) in [5.74, 6) is -2.01. The Morgan fingerprint density at radius 1 is 1.15 bits per heavy atom. The van der Waals surface area contributed by atoms with Crippen LogP contribution in [0.2, 0.25) is 0 Å². The fourth-order valence-corrected chi connectivity index (χ4v) is 5.54. The number of rotatable bonds is 17. The van der Waals surface area contributed by atoms with Crippen LogP contribution in [0.5, 0.6) is 0 Å². The fourth-order valence-electron chi connectivity index (χ4n) is 4.73. The average molecular weight is 664 g/mol. The summed E-state index contributed by atoms with van der Waals surface area (Å²) in [6, 6.07) is 4.82. The molecule has 14 nitrogen and oxygen atoms in total. The number of alkyl halides is 1. The van der Waals surface area contributed by atoms with Crippen molar-refractivity contribution in [2.24, 2.45) is 10.5 Å². The molecule has 3 amide bonds. The van der Waals surface area contributed by atoms with Crippen molar-refractivity contribution in [3.8, 4) is 10.4 Å².